The lowest BCUT2D eigenvalue weighted by Crippen LogP contribution is -2.54. The summed E-state index contributed by atoms with van der Waals surface area (Å²) < 4.78 is 51.5. The quantitative estimate of drug-likeness (QED) is 0.432. The van der Waals surface area contributed by atoms with Crippen LogP contribution in [0.4, 0.5) is 13.2 Å². The summed E-state index contributed by atoms with van der Waals surface area (Å²) in [7, 11) is 0. The zero-order valence-corrected chi connectivity index (χ0v) is 18.7. The van der Waals surface area contributed by atoms with Crippen LogP contribution in [-0.2, 0) is 34.5 Å². The van der Waals surface area contributed by atoms with Crippen LogP contribution in [0, 0.1) is 0 Å². The molecule has 33 heavy (non-hydrogen) atoms. The van der Waals surface area contributed by atoms with E-state index in [0.717, 1.165) is 29.8 Å². The largest absolute Gasteiger partial charge is 0.416 e. The van der Waals surface area contributed by atoms with Gasteiger partial charge >= 0.3 is 6.18 Å². The summed E-state index contributed by atoms with van der Waals surface area (Å²) >= 11 is 6.13. The highest BCUT2D eigenvalue weighted by Crippen LogP contribution is 2.39. The van der Waals surface area contributed by atoms with Gasteiger partial charge in [-0.1, -0.05) is 66.2 Å². The molecular weight excluding hydrogens is 451 g/mol. The third-order valence-electron chi connectivity index (χ3n) is 5.93. The zero-order chi connectivity index (χ0) is 23.3. The van der Waals surface area contributed by atoms with E-state index in [1.807, 2.05) is 54.6 Å². The highest BCUT2D eigenvalue weighted by molar-refractivity contribution is 6.30. The predicted molar refractivity (Wildman–Crippen MR) is 122 cm³/mol. The van der Waals surface area contributed by atoms with Crippen LogP contribution in [0.2, 0.25) is 5.02 Å². The first kappa shape index (κ1) is 23.8. The number of benzene rings is 3. The van der Waals surface area contributed by atoms with Gasteiger partial charge in [0, 0.05) is 11.6 Å². The highest BCUT2D eigenvalue weighted by Gasteiger charge is 2.44. The molecule has 1 N–H and O–H groups in total. The SMILES string of the molecule is FC(F)(F)c1ccc(CO[C@H]2CNCC[C@@]2(OCc2ccccc2)c2ccc(Cl)cc2)cc1. The number of nitrogens with one attached hydrogen (secondary N) is 1. The average Bonchev–Trinajstić information content (AvgIpc) is 2.83. The van der Waals surface area contributed by atoms with E-state index in [9.17, 15) is 13.2 Å². The summed E-state index contributed by atoms with van der Waals surface area (Å²) in [6.45, 7) is 1.88. The normalized spacial score (nSPS) is 21.2. The van der Waals surface area contributed by atoms with Crippen LogP contribution >= 0.6 is 11.6 Å². The van der Waals surface area contributed by atoms with Gasteiger partial charge in [0.15, 0.2) is 0 Å². The van der Waals surface area contributed by atoms with Crippen LogP contribution in [0.5, 0.6) is 0 Å². The summed E-state index contributed by atoms with van der Waals surface area (Å²) in [4.78, 5) is 0. The van der Waals surface area contributed by atoms with Gasteiger partial charge in [0.1, 0.15) is 11.7 Å². The Balaban J connectivity index is 1.57. The lowest BCUT2D eigenvalue weighted by Gasteiger charge is -2.44. The van der Waals surface area contributed by atoms with E-state index < -0.39 is 17.3 Å². The first-order valence-electron chi connectivity index (χ1n) is 10.8. The first-order valence-corrected chi connectivity index (χ1v) is 11.2. The molecule has 0 aromatic heterocycles. The number of hydrogen-bond donors (Lipinski definition) is 1. The van der Waals surface area contributed by atoms with E-state index in [4.69, 9.17) is 21.1 Å². The van der Waals surface area contributed by atoms with Crippen LogP contribution in [0.3, 0.4) is 0 Å². The number of hydrogen-bond acceptors (Lipinski definition) is 3. The summed E-state index contributed by atoms with van der Waals surface area (Å²) in [6, 6.07) is 22.5. The van der Waals surface area contributed by atoms with Crippen molar-refractivity contribution in [1.29, 1.82) is 0 Å². The van der Waals surface area contributed by atoms with Crippen LogP contribution in [-0.4, -0.2) is 19.2 Å². The zero-order valence-electron chi connectivity index (χ0n) is 17.9. The molecule has 0 saturated carbocycles. The maximum absolute atomic E-state index is 12.9. The molecule has 3 aromatic rings. The maximum Gasteiger partial charge on any atom is 0.416 e. The molecule has 3 aromatic carbocycles. The summed E-state index contributed by atoms with van der Waals surface area (Å²) in [5.74, 6) is 0. The molecule has 0 spiro atoms. The summed E-state index contributed by atoms with van der Waals surface area (Å²) in [5, 5.41) is 3.99. The Hall–Kier alpha value is -2.38. The van der Waals surface area contributed by atoms with Crippen molar-refractivity contribution < 1.29 is 22.6 Å². The van der Waals surface area contributed by atoms with E-state index in [0.29, 0.717) is 30.2 Å². The van der Waals surface area contributed by atoms with Crippen molar-refractivity contribution >= 4 is 11.6 Å². The lowest BCUT2D eigenvalue weighted by atomic mass is 9.82. The van der Waals surface area contributed by atoms with E-state index >= 15 is 0 Å². The molecule has 3 nitrogen and oxygen atoms in total. The topological polar surface area (TPSA) is 30.5 Å². The molecular formula is C26H25ClF3NO2. The molecule has 1 saturated heterocycles. The van der Waals surface area contributed by atoms with E-state index in [1.54, 1.807) is 0 Å². The maximum atomic E-state index is 12.9. The minimum atomic E-state index is -4.36. The third kappa shape index (κ3) is 5.76. The van der Waals surface area contributed by atoms with Crippen LogP contribution < -0.4 is 5.32 Å². The van der Waals surface area contributed by atoms with Gasteiger partial charge in [0.25, 0.3) is 0 Å². The van der Waals surface area contributed by atoms with Gasteiger partial charge in [-0.3, -0.25) is 0 Å². The van der Waals surface area contributed by atoms with Gasteiger partial charge < -0.3 is 14.8 Å². The van der Waals surface area contributed by atoms with Gasteiger partial charge in [0.2, 0.25) is 0 Å². The van der Waals surface area contributed by atoms with E-state index in [1.165, 1.54) is 12.1 Å². The Morgan fingerprint density at radius 3 is 2.21 bits per heavy atom. The fourth-order valence-electron chi connectivity index (χ4n) is 4.11. The standard InChI is InChI=1S/C26H25ClF3NO2/c27-23-12-10-21(11-13-23)25(33-18-19-4-2-1-3-5-19)14-15-31-16-24(25)32-17-20-6-8-22(9-7-20)26(28,29)30/h1-13,24,31H,14-18H2/t24-,25+/m0/s1. The van der Waals surface area contributed by atoms with Gasteiger partial charge in [-0.25, -0.2) is 0 Å². The van der Waals surface area contributed by atoms with Gasteiger partial charge in [-0.05, 0) is 53.9 Å². The number of alkyl halides is 3. The molecule has 1 fully saturated rings. The Morgan fingerprint density at radius 2 is 1.55 bits per heavy atom. The molecule has 4 rings (SSSR count). The molecule has 0 bridgehead atoms. The Kier molecular flexibility index (Phi) is 7.39. The number of rotatable bonds is 7. The minimum absolute atomic E-state index is 0.175. The fourth-order valence-corrected chi connectivity index (χ4v) is 4.24. The highest BCUT2D eigenvalue weighted by atomic mass is 35.5. The molecule has 1 aliphatic heterocycles. The summed E-state index contributed by atoms with van der Waals surface area (Å²) in [5.41, 5.74) is 1.28. The average molecular weight is 476 g/mol. The smallest absolute Gasteiger partial charge is 0.369 e. The third-order valence-corrected chi connectivity index (χ3v) is 6.18. The molecule has 1 aliphatic rings. The van der Waals surface area contributed by atoms with Gasteiger partial charge in [0.05, 0.1) is 18.8 Å². The molecule has 0 amide bonds. The van der Waals surface area contributed by atoms with Crippen molar-refractivity contribution in [3.63, 3.8) is 0 Å². The van der Waals surface area contributed by atoms with E-state index in [-0.39, 0.29) is 12.7 Å². The fraction of sp³-hybridized carbons (Fsp3) is 0.308. The molecule has 2 atom stereocenters. The molecule has 174 valence electrons. The molecule has 0 unspecified atom stereocenters. The molecule has 0 radical (unpaired) electrons. The molecule has 7 heteroatoms. The van der Waals surface area contributed by atoms with Crippen LogP contribution in [0.1, 0.15) is 28.7 Å². The lowest BCUT2D eigenvalue weighted by molar-refractivity contribution is -0.176. The molecule has 1 heterocycles. The number of piperidine rings is 1. The first-order chi connectivity index (χ1) is 15.9. The van der Waals surface area contributed by atoms with E-state index in [2.05, 4.69) is 5.32 Å². The summed E-state index contributed by atoms with van der Waals surface area (Å²) in [6.07, 6.45) is -4.03. The van der Waals surface area contributed by atoms with Crippen molar-refractivity contribution in [2.75, 3.05) is 13.1 Å². The second-order valence-electron chi connectivity index (χ2n) is 8.12. The van der Waals surface area contributed by atoms with Gasteiger partial charge in [-0.15, -0.1) is 0 Å². The second-order valence-corrected chi connectivity index (χ2v) is 8.56. The van der Waals surface area contributed by atoms with Crippen molar-refractivity contribution in [2.45, 2.75) is 37.5 Å². The monoisotopic (exact) mass is 475 g/mol. The molecule has 0 aliphatic carbocycles. The van der Waals surface area contributed by atoms with Crippen LogP contribution in [0.15, 0.2) is 78.9 Å². The predicted octanol–water partition coefficient (Wildman–Crippen LogP) is 6.35. The Labute approximate surface area is 196 Å². The number of halogens is 4. The second kappa shape index (κ2) is 10.3. The van der Waals surface area contributed by atoms with Crippen molar-refractivity contribution in [2.24, 2.45) is 0 Å². The minimum Gasteiger partial charge on any atom is -0.369 e. The van der Waals surface area contributed by atoms with Crippen molar-refractivity contribution in [1.82, 2.24) is 5.32 Å². The van der Waals surface area contributed by atoms with Crippen molar-refractivity contribution in [3.8, 4) is 0 Å². The van der Waals surface area contributed by atoms with Gasteiger partial charge in [-0.2, -0.15) is 13.2 Å². The Morgan fingerprint density at radius 1 is 0.879 bits per heavy atom. The Bertz CT molecular complexity index is 1030. The number of ether oxygens (including phenoxy) is 2. The van der Waals surface area contributed by atoms with Crippen LogP contribution in [0.25, 0.3) is 0 Å². The van der Waals surface area contributed by atoms with Crippen molar-refractivity contribution in [3.05, 3.63) is 106 Å².